The Morgan fingerprint density at radius 2 is 1.79 bits per heavy atom. The van der Waals surface area contributed by atoms with E-state index in [4.69, 9.17) is 10.3 Å². The number of nitrogens with one attached hydrogen (secondary N) is 1. The van der Waals surface area contributed by atoms with Crippen molar-refractivity contribution in [1.82, 2.24) is 5.27 Å². The van der Waals surface area contributed by atoms with Gasteiger partial charge in [-0.3, -0.25) is 4.31 Å². The van der Waals surface area contributed by atoms with Gasteiger partial charge in [-0.1, -0.05) is 30.3 Å². The number of aromatic nitrogens is 2. The molecule has 0 radical (unpaired) electrons. The number of hydrogen-bond donors (Lipinski definition) is 0. The number of para-hydroxylation sites is 2. The lowest BCUT2D eigenvalue weighted by atomic mass is 10.3. The lowest BCUT2D eigenvalue weighted by molar-refractivity contribution is -0.672. The summed E-state index contributed by atoms with van der Waals surface area (Å²) in [5.74, 6) is -0.155. The maximum Gasteiger partial charge on any atom is 0.271 e. The number of rotatable bonds is 5. The van der Waals surface area contributed by atoms with Gasteiger partial charge in [0.15, 0.2) is 4.90 Å². The lowest BCUT2D eigenvalue weighted by Gasteiger charge is -2.22. The van der Waals surface area contributed by atoms with E-state index in [-0.39, 0.29) is 17.3 Å². The van der Waals surface area contributed by atoms with Gasteiger partial charge in [-0.05, 0) is 29.8 Å². The highest BCUT2D eigenvalue weighted by Gasteiger charge is 2.31. The van der Waals surface area contributed by atoms with E-state index in [1.807, 2.05) is 6.07 Å². The quantitative estimate of drug-likeness (QED) is 0.665. The van der Waals surface area contributed by atoms with Crippen LogP contribution >= 0.6 is 0 Å². The topological polar surface area (TPSA) is 91.1 Å². The molecule has 0 aliphatic heterocycles. The van der Waals surface area contributed by atoms with Crippen molar-refractivity contribution in [2.24, 2.45) is 0 Å². The SMILES string of the molecule is CCN(c1ccccc1)S(=O)(=O)c1ccccc1-[n+]1cc([NH-])on1. The van der Waals surface area contributed by atoms with E-state index in [9.17, 15) is 8.42 Å². The third-order valence-electron chi connectivity index (χ3n) is 3.48. The molecule has 0 amide bonds. The Kier molecular flexibility index (Phi) is 4.22. The zero-order valence-electron chi connectivity index (χ0n) is 13.0. The van der Waals surface area contributed by atoms with Crippen LogP contribution in [-0.2, 0) is 10.0 Å². The summed E-state index contributed by atoms with van der Waals surface area (Å²) in [6.45, 7) is 2.06. The minimum atomic E-state index is -3.80. The number of benzene rings is 2. The van der Waals surface area contributed by atoms with E-state index in [1.54, 1.807) is 49.4 Å². The summed E-state index contributed by atoms with van der Waals surface area (Å²) in [5.41, 5.74) is 8.35. The molecule has 3 rings (SSSR count). The van der Waals surface area contributed by atoms with Crippen LogP contribution in [0.15, 0.2) is 70.2 Å². The summed E-state index contributed by atoms with van der Waals surface area (Å²) in [6.07, 6.45) is 1.31. The predicted molar refractivity (Wildman–Crippen MR) is 88.7 cm³/mol. The Morgan fingerprint density at radius 3 is 2.42 bits per heavy atom. The highest BCUT2D eigenvalue weighted by molar-refractivity contribution is 7.93. The van der Waals surface area contributed by atoms with Crippen LogP contribution in [0.25, 0.3) is 11.4 Å². The molecule has 0 saturated carbocycles. The van der Waals surface area contributed by atoms with Crippen LogP contribution in [-0.4, -0.2) is 20.2 Å². The number of anilines is 1. The third-order valence-corrected chi connectivity index (χ3v) is 5.43. The Morgan fingerprint density at radius 1 is 1.12 bits per heavy atom. The first-order chi connectivity index (χ1) is 11.5. The minimum Gasteiger partial charge on any atom is -0.660 e. The molecule has 0 bridgehead atoms. The lowest BCUT2D eigenvalue weighted by Crippen LogP contribution is -2.37. The van der Waals surface area contributed by atoms with Crippen LogP contribution in [0.5, 0.6) is 0 Å². The van der Waals surface area contributed by atoms with Gasteiger partial charge in [-0.2, -0.15) is 0 Å². The molecule has 0 spiro atoms. The van der Waals surface area contributed by atoms with E-state index in [0.29, 0.717) is 11.4 Å². The van der Waals surface area contributed by atoms with Crippen molar-refractivity contribution in [3.8, 4) is 5.69 Å². The van der Waals surface area contributed by atoms with E-state index in [0.717, 1.165) is 0 Å². The summed E-state index contributed by atoms with van der Waals surface area (Å²) in [7, 11) is -3.80. The first-order valence-corrected chi connectivity index (χ1v) is 8.75. The molecule has 0 fully saturated rings. The van der Waals surface area contributed by atoms with Gasteiger partial charge in [0, 0.05) is 12.6 Å². The van der Waals surface area contributed by atoms with Crippen molar-refractivity contribution in [1.29, 1.82) is 0 Å². The predicted octanol–water partition coefficient (Wildman–Crippen LogP) is 2.85. The summed E-state index contributed by atoms with van der Waals surface area (Å²) in [4.78, 5) is 0.0917. The van der Waals surface area contributed by atoms with Crippen LogP contribution in [0.2, 0.25) is 0 Å². The molecule has 1 aromatic heterocycles. The van der Waals surface area contributed by atoms with E-state index in [1.165, 1.54) is 21.3 Å². The van der Waals surface area contributed by atoms with Crippen molar-refractivity contribution in [3.05, 3.63) is 66.5 Å². The fourth-order valence-electron chi connectivity index (χ4n) is 2.43. The molecule has 2 aromatic carbocycles. The first kappa shape index (κ1) is 16.0. The van der Waals surface area contributed by atoms with Crippen LogP contribution in [0.3, 0.4) is 0 Å². The molecule has 124 valence electrons. The van der Waals surface area contributed by atoms with Crippen LogP contribution in [0.4, 0.5) is 11.6 Å². The van der Waals surface area contributed by atoms with Gasteiger partial charge >= 0.3 is 0 Å². The minimum absolute atomic E-state index is 0.0917. The van der Waals surface area contributed by atoms with Crippen molar-refractivity contribution in [3.63, 3.8) is 0 Å². The van der Waals surface area contributed by atoms with Gasteiger partial charge < -0.3 is 10.3 Å². The number of sulfonamides is 1. The molecule has 24 heavy (non-hydrogen) atoms. The van der Waals surface area contributed by atoms with Crippen molar-refractivity contribution >= 4 is 21.6 Å². The smallest absolute Gasteiger partial charge is 0.271 e. The second kappa shape index (κ2) is 6.32. The standard InChI is InChI=1S/C16H16N4O3S/c1-2-20(13-8-4-3-5-9-13)24(21,22)15-11-7-6-10-14(15)19-12-16(17)23-18-19/h3-12,17H,2H2,1H3. The maximum atomic E-state index is 13.2. The molecule has 1 N–H and O–H groups in total. The fourth-order valence-corrected chi connectivity index (χ4v) is 4.08. The van der Waals surface area contributed by atoms with Gasteiger partial charge in [0.25, 0.3) is 15.7 Å². The van der Waals surface area contributed by atoms with E-state index < -0.39 is 10.0 Å². The average Bonchev–Trinajstić information content (AvgIpc) is 3.03. The van der Waals surface area contributed by atoms with Crippen molar-refractivity contribution < 1.29 is 17.6 Å². The Labute approximate surface area is 139 Å². The van der Waals surface area contributed by atoms with Crippen LogP contribution < -0.4 is 8.99 Å². The highest BCUT2D eigenvalue weighted by atomic mass is 32.2. The number of hydrogen-bond acceptors (Lipinski definition) is 4. The molecule has 0 unspecified atom stereocenters. The van der Waals surface area contributed by atoms with Gasteiger partial charge in [0.1, 0.15) is 5.88 Å². The molecule has 7 nitrogen and oxygen atoms in total. The van der Waals surface area contributed by atoms with E-state index in [2.05, 4.69) is 5.27 Å². The fraction of sp³-hybridized carbons (Fsp3) is 0.125. The molecule has 0 atom stereocenters. The number of nitrogens with zero attached hydrogens (tertiary/aromatic N) is 3. The molecule has 0 saturated heterocycles. The molecule has 1 heterocycles. The maximum absolute atomic E-state index is 13.2. The normalized spacial score (nSPS) is 11.4. The van der Waals surface area contributed by atoms with Crippen molar-refractivity contribution in [2.75, 3.05) is 10.8 Å². The highest BCUT2D eigenvalue weighted by Crippen LogP contribution is 2.25. The summed E-state index contributed by atoms with van der Waals surface area (Å²) >= 11 is 0. The summed E-state index contributed by atoms with van der Waals surface area (Å²) in [5, 5.41) is 3.69. The molecule has 0 aliphatic rings. The van der Waals surface area contributed by atoms with Gasteiger partial charge in [0.2, 0.25) is 11.5 Å². The van der Waals surface area contributed by atoms with Gasteiger partial charge in [-0.25, -0.2) is 8.42 Å². The molecule has 0 aliphatic carbocycles. The third kappa shape index (κ3) is 2.83. The first-order valence-electron chi connectivity index (χ1n) is 7.31. The van der Waals surface area contributed by atoms with Crippen LogP contribution in [0.1, 0.15) is 6.92 Å². The monoisotopic (exact) mass is 344 g/mol. The second-order valence-corrected chi connectivity index (χ2v) is 6.81. The molecule has 8 heteroatoms. The second-order valence-electron chi connectivity index (χ2n) is 4.98. The average molecular weight is 344 g/mol. The molecule has 3 aromatic rings. The Bertz CT molecular complexity index is 939. The molecular weight excluding hydrogens is 328 g/mol. The van der Waals surface area contributed by atoms with Crippen LogP contribution in [0, 0.1) is 0 Å². The van der Waals surface area contributed by atoms with Gasteiger partial charge in [0.05, 0.1) is 5.69 Å². The largest absolute Gasteiger partial charge is 0.660 e. The Balaban J connectivity index is 2.14. The van der Waals surface area contributed by atoms with Gasteiger partial charge in [-0.15, -0.1) is 0 Å². The summed E-state index contributed by atoms with van der Waals surface area (Å²) in [6, 6.07) is 15.4. The zero-order valence-corrected chi connectivity index (χ0v) is 13.8. The zero-order chi connectivity index (χ0) is 17.2. The molecular formula is C16H16N4O3S. The van der Waals surface area contributed by atoms with Crippen molar-refractivity contribution in [2.45, 2.75) is 11.8 Å². The van der Waals surface area contributed by atoms with E-state index >= 15 is 0 Å². The Hall–Kier alpha value is -2.87. The summed E-state index contributed by atoms with van der Waals surface area (Å²) < 4.78 is 33.6.